The van der Waals surface area contributed by atoms with E-state index in [2.05, 4.69) is 13.8 Å². The van der Waals surface area contributed by atoms with Crippen LogP contribution in [0.1, 0.15) is 25.1 Å². The lowest BCUT2D eigenvalue weighted by Crippen LogP contribution is -2.62. The fourth-order valence-corrected chi connectivity index (χ4v) is 6.18. The number of phosphoric ester groups is 2. The summed E-state index contributed by atoms with van der Waals surface area (Å²) >= 11 is 0. The standard InChI is InChI=1S/C18H31N3O14P2/c1-8-6-21(18(26)19-16(8)25)12-5-10(22)11(33-12)7-31-36(27,28)35-37(29,30)34-17-15(24)13(20(3)4)14(23)9(2)32-17/h6,9-15,17,22-24H,5,7H2,1-4H3,(H,27,28)(H,29,30)(H,19,25,26)/t9-,10+,11-,12-,13+,14-,15-,17-/m1/s1. The maximum Gasteiger partial charge on any atom is 0.483 e. The van der Waals surface area contributed by atoms with Crippen molar-refractivity contribution in [2.75, 3.05) is 20.7 Å². The van der Waals surface area contributed by atoms with Crippen molar-refractivity contribution < 1.29 is 57.1 Å². The molecule has 2 unspecified atom stereocenters. The van der Waals surface area contributed by atoms with Crippen LogP contribution in [0.15, 0.2) is 15.8 Å². The molecule has 2 aliphatic rings. The van der Waals surface area contributed by atoms with Crippen molar-refractivity contribution in [2.45, 2.75) is 69.3 Å². The number of ether oxygens (including phenoxy) is 2. The highest BCUT2D eigenvalue weighted by molar-refractivity contribution is 7.61. The minimum atomic E-state index is -5.38. The summed E-state index contributed by atoms with van der Waals surface area (Å²) in [4.78, 5) is 47.0. The summed E-state index contributed by atoms with van der Waals surface area (Å²) in [7, 11) is -7.61. The molecule has 2 aliphatic heterocycles. The molecule has 0 aromatic carbocycles. The highest BCUT2D eigenvalue weighted by Gasteiger charge is 2.49. The van der Waals surface area contributed by atoms with Gasteiger partial charge >= 0.3 is 21.3 Å². The molecule has 0 aliphatic carbocycles. The second-order valence-electron chi connectivity index (χ2n) is 8.98. The Morgan fingerprint density at radius 2 is 1.78 bits per heavy atom. The van der Waals surface area contributed by atoms with Crippen LogP contribution in [0, 0.1) is 6.92 Å². The topological polar surface area (TPSA) is 240 Å². The molecular formula is C18H31N3O14P2. The van der Waals surface area contributed by atoms with Crippen molar-refractivity contribution in [3.05, 3.63) is 32.6 Å². The lowest BCUT2D eigenvalue weighted by atomic mass is 9.96. The Kier molecular flexibility index (Phi) is 9.35. The van der Waals surface area contributed by atoms with Crippen LogP contribution in [0.25, 0.3) is 0 Å². The first kappa shape index (κ1) is 30.2. The summed E-state index contributed by atoms with van der Waals surface area (Å²) in [6, 6.07) is -0.960. The molecule has 212 valence electrons. The number of phosphoric acid groups is 2. The summed E-state index contributed by atoms with van der Waals surface area (Å²) < 4.78 is 50.1. The van der Waals surface area contributed by atoms with Gasteiger partial charge in [-0.15, -0.1) is 0 Å². The highest BCUT2D eigenvalue weighted by Crippen LogP contribution is 2.61. The molecule has 19 heteroatoms. The molecule has 0 amide bonds. The number of aromatic amines is 1. The normalized spacial score (nSPS) is 35.8. The first-order valence-electron chi connectivity index (χ1n) is 11.0. The summed E-state index contributed by atoms with van der Waals surface area (Å²) in [6.45, 7) is 2.09. The van der Waals surface area contributed by atoms with E-state index in [9.17, 15) is 43.8 Å². The predicted molar refractivity (Wildman–Crippen MR) is 122 cm³/mol. The molecule has 2 saturated heterocycles. The molecule has 0 radical (unpaired) electrons. The fourth-order valence-electron chi connectivity index (χ4n) is 4.02. The summed E-state index contributed by atoms with van der Waals surface area (Å²) in [5, 5.41) is 30.8. The van der Waals surface area contributed by atoms with E-state index in [0.29, 0.717) is 0 Å². The maximum absolute atomic E-state index is 12.4. The molecule has 0 spiro atoms. The largest absolute Gasteiger partial charge is 0.483 e. The molecule has 2 fully saturated rings. The maximum atomic E-state index is 12.4. The van der Waals surface area contributed by atoms with Gasteiger partial charge < -0.3 is 39.5 Å². The van der Waals surface area contributed by atoms with Gasteiger partial charge in [0.2, 0.25) is 0 Å². The molecule has 1 aromatic rings. The molecule has 10 atom stereocenters. The Hall–Kier alpha value is -1.30. The predicted octanol–water partition coefficient (Wildman–Crippen LogP) is -1.86. The van der Waals surface area contributed by atoms with Crippen LogP contribution < -0.4 is 11.2 Å². The van der Waals surface area contributed by atoms with Gasteiger partial charge in [0.25, 0.3) is 5.56 Å². The Morgan fingerprint density at radius 1 is 1.14 bits per heavy atom. The number of nitrogens with one attached hydrogen (secondary N) is 1. The number of hydrogen-bond acceptors (Lipinski definition) is 13. The third-order valence-corrected chi connectivity index (χ3v) is 8.51. The summed E-state index contributed by atoms with van der Waals surface area (Å²) in [5.41, 5.74) is -1.19. The van der Waals surface area contributed by atoms with E-state index in [4.69, 9.17) is 14.0 Å². The van der Waals surface area contributed by atoms with E-state index >= 15 is 0 Å². The van der Waals surface area contributed by atoms with Gasteiger partial charge in [-0.05, 0) is 27.9 Å². The van der Waals surface area contributed by atoms with Crippen molar-refractivity contribution >= 4 is 15.6 Å². The molecular weight excluding hydrogens is 544 g/mol. The first-order valence-corrected chi connectivity index (χ1v) is 14.0. The van der Waals surface area contributed by atoms with Crippen LogP contribution in [0.2, 0.25) is 0 Å². The zero-order chi connectivity index (χ0) is 27.9. The third kappa shape index (κ3) is 7.22. The average Bonchev–Trinajstić information content (AvgIpc) is 3.12. The SMILES string of the molecule is Cc1cn([C@H]2C[C@H](O)[C@@H](COP(=O)(O)OP(=O)(O)O[C@H]3O[C@H](C)[C@@H](O)[C@H](N(C)C)[C@H]3O)O2)c(=O)[nH]c1=O. The molecule has 3 rings (SSSR count). The molecule has 17 nitrogen and oxygen atoms in total. The Balaban J connectivity index is 1.60. The number of likely N-dealkylation sites (N-methyl/N-ethyl adjacent to an activating group) is 1. The van der Waals surface area contributed by atoms with E-state index in [1.54, 1.807) is 0 Å². The van der Waals surface area contributed by atoms with E-state index in [1.807, 2.05) is 0 Å². The highest BCUT2D eigenvalue weighted by atomic mass is 31.3. The van der Waals surface area contributed by atoms with E-state index in [-0.39, 0.29) is 12.0 Å². The Morgan fingerprint density at radius 3 is 2.41 bits per heavy atom. The Bertz CT molecular complexity index is 1170. The van der Waals surface area contributed by atoms with E-state index in [1.165, 1.54) is 39.0 Å². The summed E-state index contributed by atoms with van der Waals surface area (Å²) in [6.07, 6.45) is -8.02. The number of nitrogens with zero attached hydrogens (tertiary/aromatic N) is 2. The van der Waals surface area contributed by atoms with Gasteiger partial charge in [0.1, 0.15) is 18.4 Å². The molecule has 6 N–H and O–H groups in total. The molecule has 0 bridgehead atoms. The van der Waals surface area contributed by atoms with Gasteiger partial charge in [0, 0.05) is 18.2 Å². The monoisotopic (exact) mass is 575 g/mol. The minimum Gasteiger partial charge on any atom is -0.390 e. The number of H-pyrrole nitrogens is 1. The fraction of sp³-hybridized carbons (Fsp3) is 0.778. The average molecular weight is 575 g/mol. The number of rotatable bonds is 9. The van der Waals surface area contributed by atoms with Crippen molar-refractivity contribution in [3.8, 4) is 0 Å². The van der Waals surface area contributed by atoms with Crippen LogP contribution in [0.5, 0.6) is 0 Å². The molecule has 3 heterocycles. The quantitative estimate of drug-likeness (QED) is 0.177. The van der Waals surface area contributed by atoms with Gasteiger partial charge in [-0.2, -0.15) is 4.31 Å². The Labute approximate surface area is 210 Å². The zero-order valence-electron chi connectivity index (χ0n) is 20.3. The van der Waals surface area contributed by atoms with Crippen molar-refractivity contribution in [3.63, 3.8) is 0 Å². The lowest BCUT2D eigenvalue weighted by molar-refractivity contribution is -0.256. The van der Waals surface area contributed by atoms with Gasteiger partial charge in [-0.3, -0.25) is 23.4 Å². The van der Waals surface area contributed by atoms with Crippen LogP contribution in [-0.4, -0.2) is 103 Å². The summed E-state index contributed by atoms with van der Waals surface area (Å²) in [5.74, 6) is 0. The van der Waals surface area contributed by atoms with Gasteiger partial charge in [0.05, 0.1) is 31.0 Å². The zero-order valence-corrected chi connectivity index (χ0v) is 22.1. The van der Waals surface area contributed by atoms with Gasteiger partial charge in [-0.25, -0.2) is 13.9 Å². The second-order valence-corrected chi connectivity index (χ2v) is 12.0. The second kappa shape index (κ2) is 11.4. The van der Waals surface area contributed by atoms with Crippen LogP contribution in [0.4, 0.5) is 0 Å². The molecule has 1 aromatic heterocycles. The van der Waals surface area contributed by atoms with E-state index in [0.717, 1.165) is 4.57 Å². The lowest BCUT2D eigenvalue weighted by Gasteiger charge is -2.44. The van der Waals surface area contributed by atoms with Gasteiger partial charge in [0.15, 0.2) is 6.29 Å². The number of aliphatic hydroxyl groups is 3. The van der Waals surface area contributed by atoms with Crippen LogP contribution >= 0.6 is 15.6 Å². The van der Waals surface area contributed by atoms with Crippen LogP contribution in [0.3, 0.4) is 0 Å². The van der Waals surface area contributed by atoms with Crippen LogP contribution in [-0.2, 0) is 32.0 Å². The van der Waals surface area contributed by atoms with Gasteiger partial charge in [-0.1, -0.05) is 0 Å². The van der Waals surface area contributed by atoms with Crippen molar-refractivity contribution in [1.29, 1.82) is 0 Å². The minimum absolute atomic E-state index is 0.133. The number of aliphatic hydroxyl groups excluding tert-OH is 3. The smallest absolute Gasteiger partial charge is 0.390 e. The first-order chi connectivity index (χ1) is 17.0. The molecule has 0 saturated carbocycles. The third-order valence-electron chi connectivity index (χ3n) is 5.91. The molecule has 37 heavy (non-hydrogen) atoms. The van der Waals surface area contributed by atoms with E-state index < -0.39 is 82.6 Å². The number of aromatic nitrogens is 2. The number of hydrogen-bond donors (Lipinski definition) is 6. The number of aryl methyl sites for hydroxylation is 1. The van der Waals surface area contributed by atoms with Crippen molar-refractivity contribution in [1.82, 2.24) is 14.5 Å². The van der Waals surface area contributed by atoms with Crippen molar-refractivity contribution in [2.24, 2.45) is 0 Å².